The summed E-state index contributed by atoms with van der Waals surface area (Å²) in [5, 5.41) is 23.9. The maximum atomic E-state index is 13.5. The lowest BCUT2D eigenvalue weighted by Gasteiger charge is -2.38. The largest absolute Gasteiger partial charge is 0.385 e. The summed E-state index contributed by atoms with van der Waals surface area (Å²) in [6, 6.07) is 14.1. The molecule has 0 saturated carbocycles. The van der Waals surface area contributed by atoms with Crippen molar-refractivity contribution in [3.63, 3.8) is 0 Å². The number of sulfonamides is 1. The third kappa shape index (κ3) is 5.17. The Kier molecular flexibility index (Phi) is 7.12. The fourth-order valence-corrected chi connectivity index (χ4v) is 5.75. The number of nitrogens with zero attached hydrogens (tertiary/aromatic N) is 1. The first-order valence-electron chi connectivity index (χ1n) is 10.7. The van der Waals surface area contributed by atoms with Crippen LogP contribution in [-0.2, 0) is 15.6 Å². The van der Waals surface area contributed by atoms with Gasteiger partial charge in [0.25, 0.3) is 0 Å². The molecule has 0 amide bonds. The molecule has 11 heteroatoms. The van der Waals surface area contributed by atoms with Gasteiger partial charge in [-0.1, -0.05) is 41.9 Å². The van der Waals surface area contributed by atoms with Crippen molar-refractivity contribution in [3.8, 4) is 0 Å². The summed E-state index contributed by atoms with van der Waals surface area (Å²) < 4.78 is 68.0. The highest BCUT2D eigenvalue weighted by atomic mass is 35.5. The quantitative estimate of drug-likeness (QED) is 0.324. The van der Waals surface area contributed by atoms with Crippen LogP contribution in [0.4, 0.5) is 18.9 Å². The number of piperidine rings is 1. The zero-order valence-electron chi connectivity index (χ0n) is 18.3. The van der Waals surface area contributed by atoms with Crippen LogP contribution in [0.2, 0.25) is 5.02 Å². The normalized spacial score (nSPS) is 17.2. The maximum absolute atomic E-state index is 13.5. The molecule has 0 radical (unpaired) electrons. The van der Waals surface area contributed by atoms with Crippen LogP contribution in [-0.4, -0.2) is 36.0 Å². The first kappa shape index (κ1) is 25.5. The maximum Gasteiger partial charge on any atom is 0.243 e. The Morgan fingerprint density at radius 2 is 1.57 bits per heavy atom. The zero-order valence-corrected chi connectivity index (χ0v) is 19.8. The number of hydrogen-bond acceptors (Lipinski definition) is 5. The van der Waals surface area contributed by atoms with E-state index in [9.17, 15) is 31.8 Å². The molecule has 0 spiro atoms. The number of anilines is 1. The first-order chi connectivity index (χ1) is 16.5. The molecular formula is C24H22ClF3N2O4S. The summed E-state index contributed by atoms with van der Waals surface area (Å²) in [4.78, 5) is -0.153. The van der Waals surface area contributed by atoms with E-state index in [2.05, 4.69) is 5.32 Å². The Balaban J connectivity index is 1.54. The summed E-state index contributed by atoms with van der Waals surface area (Å²) in [5.74, 6) is -4.57. The first-order valence-corrected chi connectivity index (χ1v) is 12.5. The van der Waals surface area contributed by atoms with Gasteiger partial charge in [0.1, 0.15) is 0 Å². The predicted octanol–water partition coefficient (Wildman–Crippen LogP) is 4.53. The van der Waals surface area contributed by atoms with E-state index in [1.165, 1.54) is 16.4 Å². The van der Waals surface area contributed by atoms with E-state index in [-0.39, 0.29) is 47.1 Å². The summed E-state index contributed by atoms with van der Waals surface area (Å²) in [5.41, 5.74) is -0.753. The Morgan fingerprint density at radius 1 is 0.971 bits per heavy atom. The van der Waals surface area contributed by atoms with Crippen molar-refractivity contribution in [1.82, 2.24) is 4.31 Å². The van der Waals surface area contributed by atoms with E-state index in [4.69, 9.17) is 11.6 Å². The average Bonchev–Trinajstić information content (AvgIpc) is 2.83. The third-order valence-corrected chi connectivity index (χ3v) is 8.29. The van der Waals surface area contributed by atoms with Crippen LogP contribution < -0.4 is 5.32 Å². The van der Waals surface area contributed by atoms with Crippen LogP contribution in [0.1, 0.15) is 30.2 Å². The smallest absolute Gasteiger partial charge is 0.243 e. The van der Waals surface area contributed by atoms with Crippen molar-refractivity contribution < 1.29 is 31.8 Å². The van der Waals surface area contributed by atoms with E-state index < -0.39 is 39.3 Å². The molecule has 3 N–H and O–H groups in total. The van der Waals surface area contributed by atoms with Crippen LogP contribution in [0.25, 0.3) is 0 Å². The van der Waals surface area contributed by atoms with Gasteiger partial charge < -0.3 is 15.5 Å². The predicted molar refractivity (Wildman–Crippen MR) is 125 cm³/mol. The highest BCUT2D eigenvalue weighted by Crippen LogP contribution is 2.35. The number of aliphatic hydroxyl groups is 2. The highest BCUT2D eigenvalue weighted by molar-refractivity contribution is 7.89. The van der Waals surface area contributed by atoms with E-state index >= 15 is 0 Å². The molecule has 0 bridgehead atoms. The van der Waals surface area contributed by atoms with Crippen LogP contribution >= 0.6 is 11.6 Å². The van der Waals surface area contributed by atoms with Gasteiger partial charge in [0.2, 0.25) is 10.0 Å². The summed E-state index contributed by atoms with van der Waals surface area (Å²) in [6.45, 7) is 0.140. The lowest BCUT2D eigenvalue weighted by molar-refractivity contribution is -0.00961. The molecule has 1 unspecified atom stereocenters. The third-order valence-electron chi connectivity index (χ3n) is 6.05. The van der Waals surface area contributed by atoms with Crippen molar-refractivity contribution in [1.29, 1.82) is 0 Å². The Hall–Kier alpha value is -2.63. The molecule has 3 aromatic rings. The Labute approximate surface area is 205 Å². The molecule has 6 nitrogen and oxygen atoms in total. The minimum absolute atomic E-state index is 0.00380. The number of nitrogens with one attached hydrogen (secondary N) is 1. The second kappa shape index (κ2) is 9.79. The van der Waals surface area contributed by atoms with E-state index in [1.54, 1.807) is 24.3 Å². The molecule has 0 aliphatic carbocycles. The minimum atomic E-state index is -4.00. The van der Waals surface area contributed by atoms with Gasteiger partial charge >= 0.3 is 0 Å². The fraction of sp³-hybridized carbons (Fsp3) is 0.250. The number of hydrogen-bond donors (Lipinski definition) is 3. The van der Waals surface area contributed by atoms with E-state index in [1.807, 2.05) is 6.07 Å². The van der Waals surface area contributed by atoms with Crippen molar-refractivity contribution in [3.05, 3.63) is 94.3 Å². The van der Waals surface area contributed by atoms with Gasteiger partial charge in [-0.2, -0.15) is 4.31 Å². The average molecular weight is 527 g/mol. The van der Waals surface area contributed by atoms with Crippen molar-refractivity contribution >= 4 is 27.3 Å². The van der Waals surface area contributed by atoms with Crippen LogP contribution in [0.15, 0.2) is 65.6 Å². The molecule has 3 aromatic carbocycles. The Morgan fingerprint density at radius 3 is 2.17 bits per heavy atom. The van der Waals surface area contributed by atoms with Crippen LogP contribution in [0, 0.1) is 17.5 Å². The molecule has 1 aliphatic rings. The van der Waals surface area contributed by atoms with Crippen molar-refractivity contribution in [2.24, 2.45) is 0 Å². The summed E-state index contributed by atoms with van der Waals surface area (Å²) in [6.07, 6.45) is -1.25. The summed E-state index contributed by atoms with van der Waals surface area (Å²) in [7, 11) is -4.00. The zero-order chi connectivity index (χ0) is 25.4. The molecule has 1 heterocycles. The molecule has 186 valence electrons. The molecular weight excluding hydrogens is 505 g/mol. The van der Waals surface area contributed by atoms with Gasteiger partial charge in [-0.15, -0.1) is 0 Å². The highest BCUT2D eigenvalue weighted by Gasteiger charge is 2.38. The Bertz CT molecular complexity index is 1310. The van der Waals surface area contributed by atoms with E-state index in [0.717, 1.165) is 6.07 Å². The number of halogens is 4. The van der Waals surface area contributed by atoms with Crippen molar-refractivity contribution in [2.45, 2.75) is 29.6 Å². The molecule has 4 rings (SSSR count). The fourth-order valence-electron chi connectivity index (χ4n) is 4.05. The van der Waals surface area contributed by atoms with Crippen molar-refractivity contribution in [2.75, 3.05) is 18.4 Å². The van der Waals surface area contributed by atoms with Gasteiger partial charge in [0.15, 0.2) is 23.7 Å². The van der Waals surface area contributed by atoms with Crippen LogP contribution in [0.5, 0.6) is 0 Å². The molecule has 0 aromatic heterocycles. The van der Waals surface area contributed by atoms with Gasteiger partial charge in [-0.25, -0.2) is 21.6 Å². The standard InChI is InChI=1S/C24H22ClF3N2O4S/c25-19-7-6-17(14-18(19)23(31)29-16-12-20(26)22(28)21(27)13-16)35(33,34)30-10-8-24(32,9-11-30)15-4-2-1-3-5-15/h1-7,12-14,23,29,31-32H,8-11H2. The number of benzene rings is 3. The molecule has 35 heavy (non-hydrogen) atoms. The summed E-state index contributed by atoms with van der Waals surface area (Å²) >= 11 is 6.14. The lowest BCUT2D eigenvalue weighted by atomic mass is 9.85. The lowest BCUT2D eigenvalue weighted by Crippen LogP contribution is -2.45. The SMILES string of the molecule is O=S(=O)(c1ccc(Cl)c(C(O)Nc2cc(F)c(F)c(F)c2)c1)N1CCC(O)(c2ccccc2)CC1. The second-order valence-electron chi connectivity index (χ2n) is 8.29. The second-order valence-corrected chi connectivity index (χ2v) is 10.6. The number of rotatable bonds is 6. The molecule has 1 saturated heterocycles. The number of aliphatic hydroxyl groups excluding tert-OH is 1. The molecule has 1 aliphatic heterocycles. The molecule has 1 fully saturated rings. The van der Waals surface area contributed by atoms with E-state index in [0.29, 0.717) is 17.7 Å². The van der Waals surface area contributed by atoms with Gasteiger partial charge in [0, 0.05) is 41.5 Å². The van der Waals surface area contributed by atoms with Gasteiger partial charge in [-0.05, 0) is 36.6 Å². The monoisotopic (exact) mass is 526 g/mol. The topological polar surface area (TPSA) is 89.9 Å². The molecule has 1 atom stereocenters. The van der Waals surface area contributed by atoms with Gasteiger partial charge in [0.05, 0.1) is 10.5 Å². The van der Waals surface area contributed by atoms with Gasteiger partial charge in [-0.3, -0.25) is 0 Å². The minimum Gasteiger partial charge on any atom is -0.385 e. The van der Waals surface area contributed by atoms with Crippen LogP contribution in [0.3, 0.4) is 0 Å².